The van der Waals surface area contributed by atoms with Crippen LogP contribution in [-0.4, -0.2) is 13.0 Å². The summed E-state index contributed by atoms with van der Waals surface area (Å²) >= 11 is 0. The quantitative estimate of drug-likeness (QED) is 0.803. The van der Waals surface area contributed by atoms with E-state index in [1.165, 1.54) is 0 Å². The zero-order valence-electron chi connectivity index (χ0n) is 9.28. The lowest BCUT2D eigenvalue weighted by Crippen LogP contribution is -2.18. The predicted octanol–water partition coefficient (Wildman–Crippen LogP) is 2.77. The van der Waals surface area contributed by atoms with E-state index in [2.05, 4.69) is 0 Å². The Balaban J connectivity index is 2.31. The number of hydrogen-bond acceptors (Lipinski definition) is 3. The Morgan fingerprint density at radius 1 is 0.889 bits per heavy atom. The summed E-state index contributed by atoms with van der Waals surface area (Å²) in [6, 6.07) is 13.6. The Bertz CT molecular complexity index is 661. The van der Waals surface area contributed by atoms with E-state index in [0.29, 0.717) is 22.6 Å². The molecule has 5 heteroatoms. The van der Waals surface area contributed by atoms with Crippen molar-refractivity contribution in [2.75, 3.05) is 0 Å². The predicted molar refractivity (Wildman–Crippen MR) is 66.3 cm³/mol. The van der Waals surface area contributed by atoms with Gasteiger partial charge in [-0.2, -0.15) is 8.42 Å². The minimum atomic E-state index is -4.23. The largest absolute Gasteiger partial charge is 0.457 e. The molecule has 0 unspecified atom stereocenters. The summed E-state index contributed by atoms with van der Waals surface area (Å²) in [7, 11) is -4.23. The molecule has 0 fully saturated rings. The SMILES string of the molecule is O=S(=O)(O)C1c2ccccc2Oc2ccccc21. The number of hydrogen-bond donors (Lipinski definition) is 1. The van der Waals surface area contributed by atoms with E-state index >= 15 is 0 Å². The number of benzene rings is 2. The van der Waals surface area contributed by atoms with Gasteiger partial charge in [-0.1, -0.05) is 36.4 Å². The van der Waals surface area contributed by atoms with Crippen molar-refractivity contribution in [3.05, 3.63) is 59.7 Å². The van der Waals surface area contributed by atoms with E-state index in [9.17, 15) is 13.0 Å². The van der Waals surface area contributed by atoms with Gasteiger partial charge in [-0.15, -0.1) is 0 Å². The van der Waals surface area contributed by atoms with Crippen LogP contribution in [0.3, 0.4) is 0 Å². The smallest absolute Gasteiger partial charge is 0.276 e. The Labute approximate surface area is 105 Å². The molecule has 2 aromatic rings. The van der Waals surface area contributed by atoms with Gasteiger partial charge in [-0.3, -0.25) is 4.55 Å². The van der Waals surface area contributed by atoms with Crippen molar-refractivity contribution in [3.8, 4) is 11.5 Å². The van der Waals surface area contributed by atoms with Crippen LogP contribution in [0.1, 0.15) is 16.4 Å². The number of ether oxygens (including phenoxy) is 1. The molecule has 0 amide bonds. The molecule has 0 bridgehead atoms. The topological polar surface area (TPSA) is 63.6 Å². The minimum absolute atomic E-state index is 0.457. The van der Waals surface area contributed by atoms with Gasteiger partial charge in [0, 0.05) is 11.1 Å². The Hall–Kier alpha value is -1.85. The first kappa shape index (κ1) is 11.3. The summed E-state index contributed by atoms with van der Waals surface area (Å²) in [5, 5.41) is -1.08. The Morgan fingerprint density at radius 2 is 1.33 bits per heavy atom. The zero-order chi connectivity index (χ0) is 12.8. The maximum atomic E-state index is 11.6. The van der Waals surface area contributed by atoms with Crippen molar-refractivity contribution in [2.24, 2.45) is 0 Å². The van der Waals surface area contributed by atoms with Crippen LogP contribution >= 0.6 is 0 Å². The first-order chi connectivity index (χ1) is 8.57. The first-order valence-electron chi connectivity index (χ1n) is 5.39. The van der Waals surface area contributed by atoms with E-state index in [4.69, 9.17) is 4.74 Å². The summed E-state index contributed by atoms with van der Waals surface area (Å²) in [5.74, 6) is 0.914. The van der Waals surface area contributed by atoms with E-state index in [0.717, 1.165) is 0 Å². The Morgan fingerprint density at radius 3 is 1.78 bits per heavy atom. The third-order valence-electron chi connectivity index (χ3n) is 2.92. The molecule has 0 aliphatic carbocycles. The number of fused-ring (bicyclic) bond motifs is 2. The summed E-state index contributed by atoms with van der Waals surface area (Å²) in [6.07, 6.45) is 0. The van der Waals surface area contributed by atoms with Gasteiger partial charge < -0.3 is 4.74 Å². The van der Waals surface area contributed by atoms with Gasteiger partial charge in [0.1, 0.15) is 16.7 Å². The molecule has 0 aromatic heterocycles. The van der Waals surface area contributed by atoms with Crippen LogP contribution < -0.4 is 4.74 Å². The van der Waals surface area contributed by atoms with Crippen LogP contribution in [0, 0.1) is 0 Å². The van der Waals surface area contributed by atoms with E-state index in [1.807, 2.05) is 0 Å². The van der Waals surface area contributed by atoms with Gasteiger partial charge in [0.2, 0.25) is 0 Å². The fourth-order valence-corrected chi connectivity index (χ4v) is 3.22. The maximum absolute atomic E-state index is 11.6. The lowest BCUT2D eigenvalue weighted by atomic mass is 10.00. The van der Waals surface area contributed by atoms with Crippen LogP contribution in [0.2, 0.25) is 0 Å². The average molecular weight is 262 g/mol. The van der Waals surface area contributed by atoms with Crippen LogP contribution in [0.15, 0.2) is 48.5 Å². The van der Waals surface area contributed by atoms with Crippen molar-refractivity contribution in [2.45, 2.75) is 5.25 Å². The highest BCUT2D eigenvalue weighted by Crippen LogP contribution is 2.45. The molecule has 3 rings (SSSR count). The standard InChI is InChI=1S/C13H10O4S/c14-18(15,16)13-9-5-1-3-7-11(9)17-12-8-4-2-6-10(12)13/h1-8,13H,(H,14,15,16). The molecular formula is C13H10O4S. The molecule has 4 nitrogen and oxygen atoms in total. The molecule has 0 saturated carbocycles. The summed E-state index contributed by atoms with van der Waals surface area (Å²) in [6.45, 7) is 0. The molecule has 0 saturated heterocycles. The van der Waals surface area contributed by atoms with Crippen LogP contribution in [0.4, 0.5) is 0 Å². The Kier molecular flexibility index (Phi) is 2.39. The highest BCUT2D eigenvalue weighted by molar-refractivity contribution is 7.86. The van der Waals surface area contributed by atoms with Gasteiger partial charge in [-0.25, -0.2) is 0 Å². The van der Waals surface area contributed by atoms with Crippen molar-refractivity contribution >= 4 is 10.1 Å². The summed E-state index contributed by atoms with van der Waals surface area (Å²) in [4.78, 5) is 0. The lowest BCUT2D eigenvalue weighted by Gasteiger charge is -2.25. The molecule has 0 atom stereocenters. The van der Waals surface area contributed by atoms with Gasteiger partial charge in [0.15, 0.2) is 0 Å². The summed E-state index contributed by atoms with van der Waals surface area (Å²) < 4.78 is 38.3. The number of para-hydroxylation sites is 2. The lowest BCUT2D eigenvalue weighted by molar-refractivity contribution is 0.438. The van der Waals surface area contributed by atoms with Gasteiger partial charge in [0.05, 0.1) is 0 Å². The third-order valence-corrected chi connectivity index (χ3v) is 4.02. The molecule has 0 radical (unpaired) electrons. The number of rotatable bonds is 1. The minimum Gasteiger partial charge on any atom is -0.457 e. The molecule has 1 heterocycles. The van der Waals surface area contributed by atoms with Gasteiger partial charge in [-0.05, 0) is 12.1 Å². The molecule has 1 N–H and O–H groups in total. The maximum Gasteiger partial charge on any atom is 0.276 e. The average Bonchev–Trinajstić information content (AvgIpc) is 2.34. The highest BCUT2D eigenvalue weighted by Gasteiger charge is 2.35. The normalized spacial score (nSPS) is 14.5. The molecule has 1 aliphatic heterocycles. The molecule has 92 valence electrons. The van der Waals surface area contributed by atoms with Crippen LogP contribution in [-0.2, 0) is 10.1 Å². The second-order valence-corrected chi connectivity index (χ2v) is 5.57. The second-order valence-electron chi connectivity index (χ2n) is 4.07. The summed E-state index contributed by atoms with van der Waals surface area (Å²) in [5.41, 5.74) is 0.914. The van der Waals surface area contributed by atoms with Crippen LogP contribution in [0.5, 0.6) is 11.5 Å². The molecule has 1 aliphatic rings. The van der Waals surface area contributed by atoms with Gasteiger partial charge >= 0.3 is 0 Å². The van der Waals surface area contributed by atoms with Crippen molar-refractivity contribution < 1.29 is 17.7 Å². The molecule has 2 aromatic carbocycles. The fourth-order valence-electron chi connectivity index (χ4n) is 2.19. The van der Waals surface area contributed by atoms with E-state index in [1.54, 1.807) is 48.5 Å². The molecular weight excluding hydrogens is 252 g/mol. The molecule has 18 heavy (non-hydrogen) atoms. The van der Waals surface area contributed by atoms with Crippen molar-refractivity contribution in [3.63, 3.8) is 0 Å². The molecule has 0 spiro atoms. The highest BCUT2D eigenvalue weighted by atomic mass is 32.2. The fraction of sp³-hybridized carbons (Fsp3) is 0.0769. The van der Waals surface area contributed by atoms with Gasteiger partial charge in [0.25, 0.3) is 10.1 Å². The van der Waals surface area contributed by atoms with Crippen LogP contribution in [0.25, 0.3) is 0 Å². The second kappa shape index (κ2) is 3.83. The monoisotopic (exact) mass is 262 g/mol. The third kappa shape index (κ3) is 1.68. The van der Waals surface area contributed by atoms with Crippen molar-refractivity contribution in [1.82, 2.24) is 0 Å². The van der Waals surface area contributed by atoms with Crippen molar-refractivity contribution in [1.29, 1.82) is 0 Å². The van der Waals surface area contributed by atoms with E-state index in [-0.39, 0.29) is 0 Å². The van der Waals surface area contributed by atoms with E-state index < -0.39 is 15.4 Å². The first-order valence-corrected chi connectivity index (χ1v) is 6.90. The zero-order valence-corrected chi connectivity index (χ0v) is 10.1.